The Kier molecular flexibility index (Phi) is 4.93. The SMILES string of the molecule is COCCCCNc1cc(C)cnn1. The lowest BCUT2D eigenvalue weighted by molar-refractivity contribution is 0.194. The van der Waals surface area contributed by atoms with E-state index >= 15 is 0 Å². The minimum absolute atomic E-state index is 0.821. The largest absolute Gasteiger partial charge is 0.385 e. The number of rotatable bonds is 6. The van der Waals surface area contributed by atoms with Crippen molar-refractivity contribution in [2.45, 2.75) is 19.8 Å². The second-order valence-corrected chi connectivity index (χ2v) is 3.24. The van der Waals surface area contributed by atoms with Crippen molar-refractivity contribution in [3.63, 3.8) is 0 Å². The van der Waals surface area contributed by atoms with E-state index in [9.17, 15) is 0 Å². The quantitative estimate of drug-likeness (QED) is 0.701. The molecule has 1 aromatic heterocycles. The van der Waals surface area contributed by atoms with Crippen LogP contribution in [0.15, 0.2) is 12.3 Å². The number of anilines is 1. The Morgan fingerprint density at radius 3 is 3.00 bits per heavy atom. The minimum Gasteiger partial charge on any atom is -0.385 e. The lowest BCUT2D eigenvalue weighted by Crippen LogP contribution is -2.05. The highest BCUT2D eigenvalue weighted by Crippen LogP contribution is 2.03. The fourth-order valence-corrected chi connectivity index (χ4v) is 1.14. The van der Waals surface area contributed by atoms with E-state index in [1.807, 2.05) is 13.0 Å². The summed E-state index contributed by atoms with van der Waals surface area (Å²) < 4.78 is 4.96. The molecular formula is C10H17N3O. The zero-order valence-electron chi connectivity index (χ0n) is 8.79. The Bertz CT molecular complexity index is 265. The summed E-state index contributed by atoms with van der Waals surface area (Å²) in [6.07, 6.45) is 3.91. The summed E-state index contributed by atoms with van der Waals surface area (Å²) in [6.45, 7) is 3.74. The van der Waals surface area contributed by atoms with Crippen molar-refractivity contribution < 1.29 is 4.74 Å². The molecule has 0 spiro atoms. The van der Waals surface area contributed by atoms with E-state index in [0.717, 1.165) is 37.4 Å². The molecule has 1 aromatic rings. The fourth-order valence-electron chi connectivity index (χ4n) is 1.14. The third-order valence-corrected chi connectivity index (χ3v) is 1.87. The smallest absolute Gasteiger partial charge is 0.148 e. The molecule has 0 amide bonds. The first-order chi connectivity index (χ1) is 6.83. The van der Waals surface area contributed by atoms with Gasteiger partial charge in [-0.25, -0.2) is 0 Å². The molecule has 1 N–H and O–H groups in total. The van der Waals surface area contributed by atoms with E-state index in [2.05, 4.69) is 15.5 Å². The Morgan fingerprint density at radius 2 is 2.29 bits per heavy atom. The standard InChI is InChI=1S/C10H17N3O/c1-9-7-10(13-12-8-9)11-5-3-4-6-14-2/h7-8H,3-6H2,1-2H3,(H,11,13). The minimum atomic E-state index is 0.821. The first kappa shape index (κ1) is 10.9. The Morgan fingerprint density at radius 1 is 1.43 bits per heavy atom. The Hall–Kier alpha value is -1.16. The van der Waals surface area contributed by atoms with Gasteiger partial charge in [0, 0.05) is 20.3 Å². The van der Waals surface area contributed by atoms with Crippen LogP contribution in [-0.4, -0.2) is 30.5 Å². The topological polar surface area (TPSA) is 47.0 Å². The predicted octanol–water partition coefficient (Wildman–Crippen LogP) is 1.62. The van der Waals surface area contributed by atoms with Gasteiger partial charge in [0.2, 0.25) is 0 Å². The number of nitrogens with one attached hydrogen (secondary N) is 1. The van der Waals surface area contributed by atoms with Gasteiger partial charge in [-0.2, -0.15) is 5.10 Å². The van der Waals surface area contributed by atoms with Gasteiger partial charge in [0.25, 0.3) is 0 Å². The molecule has 0 aliphatic carbocycles. The van der Waals surface area contributed by atoms with Gasteiger partial charge in [0.05, 0.1) is 6.20 Å². The van der Waals surface area contributed by atoms with Crippen LogP contribution in [0.3, 0.4) is 0 Å². The molecule has 0 atom stereocenters. The van der Waals surface area contributed by atoms with Crippen molar-refractivity contribution in [3.8, 4) is 0 Å². The Labute approximate surface area is 84.7 Å². The van der Waals surface area contributed by atoms with Gasteiger partial charge >= 0.3 is 0 Å². The molecule has 0 radical (unpaired) electrons. The van der Waals surface area contributed by atoms with Gasteiger partial charge in [0.15, 0.2) is 0 Å². The van der Waals surface area contributed by atoms with Crippen LogP contribution in [0.2, 0.25) is 0 Å². The van der Waals surface area contributed by atoms with Crippen molar-refractivity contribution in [1.82, 2.24) is 10.2 Å². The summed E-state index contributed by atoms with van der Waals surface area (Å²) in [6, 6.07) is 1.99. The molecule has 1 rings (SSSR count). The molecule has 4 heteroatoms. The highest BCUT2D eigenvalue weighted by molar-refractivity contribution is 5.34. The van der Waals surface area contributed by atoms with Gasteiger partial charge in [0.1, 0.15) is 5.82 Å². The number of hydrogen-bond donors (Lipinski definition) is 1. The highest BCUT2D eigenvalue weighted by Gasteiger charge is 1.94. The maximum atomic E-state index is 4.96. The van der Waals surface area contributed by atoms with Crippen LogP contribution in [0.25, 0.3) is 0 Å². The van der Waals surface area contributed by atoms with Gasteiger partial charge in [-0.1, -0.05) is 0 Å². The maximum Gasteiger partial charge on any atom is 0.148 e. The molecule has 0 unspecified atom stereocenters. The van der Waals surface area contributed by atoms with Gasteiger partial charge < -0.3 is 10.1 Å². The summed E-state index contributed by atoms with van der Waals surface area (Å²) in [5.41, 5.74) is 1.12. The molecule has 14 heavy (non-hydrogen) atoms. The number of aryl methyl sites for hydroxylation is 1. The number of unbranched alkanes of at least 4 members (excludes halogenated alkanes) is 1. The Balaban J connectivity index is 2.18. The van der Waals surface area contributed by atoms with Crippen LogP contribution in [0.5, 0.6) is 0 Å². The third kappa shape index (κ3) is 4.18. The summed E-state index contributed by atoms with van der Waals surface area (Å²) in [5.74, 6) is 0.849. The third-order valence-electron chi connectivity index (χ3n) is 1.87. The van der Waals surface area contributed by atoms with Crippen molar-refractivity contribution in [2.24, 2.45) is 0 Å². The fraction of sp³-hybridized carbons (Fsp3) is 0.600. The number of ether oxygens (including phenoxy) is 1. The summed E-state index contributed by atoms with van der Waals surface area (Å²) in [4.78, 5) is 0. The predicted molar refractivity (Wildman–Crippen MR) is 56.4 cm³/mol. The van der Waals surface area contributed by atoms with Crippen LogP contribution in [0.1, 0.15) is 18.4 Å². The molecule has 0 saturated heterocycles. The molecule has 1 heterocycles. The molecule has 0 saturated carbocycles. The van der Waals surface area contributed by atoms with Crippen LogP contribution < -0.4 is 5.32 Å². The van der Waals surface area contributed by atoms with Gasteiger partial charge in [-0.15, -0.1) is 5.10 Å². The lowest BCUT2D eigenvalue weighted by atomic mass is 10.3. The normalized spacial score (nSPS) is 10.1. The van der Waals surface area contributed by atoms with E-state index in [4.69, 9.17) is 4.74 Å². The second kappa shape index (κ2) is 6.32. The molecule has 0 bridgehead atoms. The number of methoxy groups -OCH3 is 1. The van der Waals surface area contributed by atoms with Crippen molar-refractivity contribution in [2.75, 3.05) is 25.6 Å². The van der Waals surface area contributed by atoms with E-state index in [1.165, 1.54) is 0 Å². The summed E-state index contributed by atoms with van der Waals surface area (Å²) in [7, 11) is 1.72. The number of nitrogens with zero attached hydrogens (tertiary/aromatic N) is 2. The van der Waals surface area contributed by atoms with Crippen LogP contribution in [-0.2, 0) is 4.74 Å². The van der Waals surface area contributed by atoms with Crippen LogP contribution >= 0.6 is 0 Å². The van der Waals surface area contributed by atoms with E-state index in [0.29, 0.717) is 0 Å². The van der Waals surface area contributed by atoms with E-state index < -0.39 is 0 Å². The first-order valence-corrected chi connectivity index (χ1v) is 4.85. The van der Waals surface area contributed by atoms with Crippen LogP contribution in [0, 0.1) is 6.92 Å². The van der Waals surface area contributed by atoms with E-state index in [-0.39, 0.29) is 0 Å². The van der Waals surface area contributed by atoms with Crippen molar-refractivity contribution in [3.05, 3.63) is 17.8 Å². The van der Waals surface area contributed by atoms with Crippen LogP contribution in [0.4, 0.5) is 5.82 Å². The van der Waals surface area contributed by atoms with Crippen molar-refractivity contribution >= 4 is 5.82 Å². The zero-order valence-corrected chi connectivity index (χ0v) is 8.79. The van der Waals surface area contributed by atoms with Crippen molar-refractivity contribution in [1.29, 1.82) is 0 Å². The summed E-state index contributed by atoms with van der Waals surface area (Å²) >= 11 is 0. The molecule has 0 fully saturated rings. The number of hydrogen-bond acceptors (Lipinski definition) is 4. The first-order valence-electron chi connectivity index (χ1n) is 4.85. The molecule has 0 aliphatic rings. The number of aromatic nitrogens is 2. The molecule has 0 aromatic carbocycles. The average Bonchev–Trinajstić information content (AvgIpc) is 2.18. The summed E-state index contributed by atoms with van der Waals surface area (Å²) in [5, 5.41) is 11.0. The highest BCUT2D eigenvalue weighted by atomic mass is 16.5. The molecule has 78 valence electrons. The molecule has 4 nitrogen and oxygen atoms in total. The van der Waals surface area contributed by atoms with Gasteiger partial charge in [-0.3, -0.25) is 0 Å². The molecule has 0 aliphatic heterocycles. The van der Waals surface area contributed by atoms with Gasteiger partial charge in [-0.05, 0) is 31.4 Å². The monoisotopic (exact) mass is 195 g/mol. The zero-order chi connectivity index (χ0) is 10.2. The second-order valence-electron chi connectivity index (χ2n) is 3.24. The lowest BCUT2D eigenvalue weighted by Gasteiger charge is -2.04. The maximum absolute atomic E-state index is 4.96. The average molecular weight is 195 g/mol. The molecular weight excluding hydrogens is 178 g/mol. The van der Waals surface area contributed by atoms with E-state index in [1.54, 1.807) is 13.3 Å².